The smallest absolute Gasteiger partial charge is 0.114 e. The molecular formula is C30H49N7O. The van der Waals surface area contributed by atoms with E-state index in [0.717, 1.165) is 69.4 Å². The molecule has 2 heterocycles. The van der Waals surface area contributed by atoms with Crippen molar-refractivity contribution in [2.45, 2.75) is 66.1 Å². The molecule has 3 rings (SSSR count). The SMILES string of the molecule is C/C=C\C=C(\N(CC)CCNC)n1c(C)nc(CN(C)[C@H]2CCCc3cccnc32)c1CN(CC)CCO. The molecule has 0 fully saturated rings. The molecule has 2 aromatic rings. The summed E-state index contributed by atoms with van der Waals surface area (Å²) in [5.41, 5.74) is 4.88. The van der Waals surface area contributed by atoms with Crippen LogP contribution in [0.3, 0.4) is 0 Å². The van der Waals surface area contributed by atoms with E-state index in [1.54, 1.807) is 0 Å². The van der Waals surface area contributed by atoms with Gasteiger partial charge in [0.1, 0.15) is 11.6 Å². The summed E-state index contributed by atoms with van der Waals surface area (Å²) in [6, 6.07) is 4.57. The Labute approximate surface area is 230 Å². The van der Waals surface area contributed by atoms with Crippen molar-refractivity contribution in [2.24, 2.45) is 0 Å². The van der Waals surface area contributed by atoms with Crippen molar-refractivity contribution in [3.05, 3.63) is 65.0 Å². The number of aryl methyl sites for hydroxylation is 2. The fraction of sp³-hybridized carbons (Fsp3) is 0.600. The summed E-state index contributed by atoms with van der Waals surface area (Å²) in [5, 5.41) is 13.0. The van der Waals surface area contributed by atoms with Gasteiger partial charge in [-0.1, -0.05) is 25.1 Å². The van der Waals surface area contributed by atoms with Gasteiger partial charge in [0.2, 0.25) is 0 Å². The zero-order valence-corrected chi connectivity index (χ0v) is 24.5. The van der Waals surface area contributed by atoms with Gasteiger partial charge in [-0.3, -0.25) is 19.4 Å². The maximum atomic E-state index is 9.73. The molecule has 8 heteroatoms. The molecule has 2 N–H and O–H groups in total. The molecule has 0 aromatic carbocycles. The highest BCUT2D eigenvalue weighted by Gasteiger charge is 2.28. The number of allylic oxidation sites excluding steroid dienone is 3. The molecule has 1 atom stereocenters. The number of hydrogen-bond donors (Lipinski definition) is 2. The Morgan fingerprint density at radius 3 is 2.74 bits per heavy atom. The van der Waals surface area contributed by atoms with Crippen molar-refractivity contribution in [3.8, 4) is 0 Å². The first-order chi connectivity index (χ1) is 18.5. The molecule has 0 saturated carbocycles. The van der Waals surface area contributed by atoms with Crippen molar-refractivity contribution in [1.82, 2.24) is 34.6 Å². The third-order valence-corrected chi connectivity index (χ3v) is 7.56. The summed E-state index contributed by atoms with van der Waals surface area (Å²) in [5.74, 6) is 2.13. The number of likely N-dealkylation sites (N-methyl/N-ethyl adjacent to an activating group) is 3. The molecule has 1 aliphatic rings. The highest BCUT2D eigenvalue weighted by atomic mass is 16.3. The van der Waals surface area contributed by atoms with Gasteiger partial charge >= 0.3 is 0 Å². The van der Waals surface area contributed by atoms with Crippen LogP contribution in [0.1, 0.15) is 68.1 Å². The first-order valence-corrected chi connectivity index (χ1v) is 14.3. The number of aromatic nitrogens is 3. The van der Waals surface area contributed by atoms with Gasteiger partial charge < -0.3 is 15.3 Å². The molecule has 0 spiro atoms. The molecule has 0 radical (unpaired) electrons. The van der Waals surface area contributed by atoms with Crippen molar-refractivity contribution in [1.29, 1.82) is 0 Å². The summed E-state index contributed by atoms with van der Waals surface area (Å²) in [7, 11) is 4.21. The number of pyridine rings is 1. The Balaban J connectivity index is 2.05. The number of fused-ring (bicyclic) bond motifs is 1. The monoisotopic (exact) mass is 523 g/mol. The van der Waals surface area contributed by atoms with Crippen molar-refractivity contribution >= 4 is 5.82 Å². The molecule has 8 nitrogen and oxygen atoms in total. The summed E-state index contributed by atoms with van der Waals surface area (Å²) in [6.07, 6.45) is 11.7. The number of aliphatic hydroxyl groups excluding tert-OH is 1. The van der Waals surface area contributed by atoms with Gasteiger partial charge in [0, 0.05) is 45.5 Å². The van der Waals surface area contributed by atoms with Crippen LogP contribution in [0.25, 0.3) is 5.82 Å². The normalized spacial score (nSPS) is 16.1. The molecule has 0 aliphatic heterocycles. The lowest BCUT2D eigenvalue weighted by molar-refractivity contribution is 0.189. The largest absolute Gasteiger partial charge is 0.395 e. The fourth-order valence-electron chi connectivity index (χ4n) is 5.47. The van der Waals surface area contributed by atoms with E-state index in [1.165, 1.54) is 23.4 Å². The maximum absolute atomic E-state index is 9.73. The molecule has 0 amide bonds. The number of aliphatic hydroxyl groups is 1. The Morgan fingerprint density at radius 1 is 1.24 bits per heavy atom. The first-order valence-electron chi connectivity index (χ1n) is 14.3. The zero-order chi connectivity index (χ0) is 27.5. The molecular weight excluding hydrogens is 474 g/mol. The van der Waals surface area contributed by atoms with E-state index in [2.05, 4.69) is 89.7 Å². The van der Waals surface area contributed by atoms with Gasteiger partial charge in [-0.15, -0.1) is 0 Å². The average molecular weight is 524 g/mol. The standard InChI is InChI=1S/C30H49N7O/c1-7-10-16-29(36(9-3)19-18-31-5)37-24(4)33-26(28(37)23-35(8-2)20-21-38)22-34(6)27-15-11-13-25-14-12-17-32-30(25)27/h7,10,12,14,16-17,27,31,38H,8-9,11,13,15,18-23H2,1-6H3/b10-7-,29-16-/t27-/m0/s1. The first kappa shape index (κ1) is 30.0. The maximum Gasteiger partial charge on any atom is 0.114 e. The topological polar surface area (TPSA) is 72.7 Å². The fourth-order valence-corrected chi connectivity index (χ4v) is 5.47. The van der Waals surface area contributed by atoms with Crippen LogP contribution in [0.4, 0.5) is 0 Å². The Bertz CT molecular complexity index is 1060. The van der Waals surface area contributed by atoms with E-state index in [0.29, 0.717) is 12.6 Å². The van der Waals surface area contributed by atoms with Gasteiger partial charge in [-0.2, -0.15) is 0 Å². The quantitative estimate of drug-likeness (QED) is 0.344. The second kappa shape index (κ2) is 15.2. The minimum absolute atomic E-state index is 0.144. The molecule has 0 bridgehead atoms. The van der Waals surface area contributed by atoms with Crippen molar-refractivity contribution in [2.75, 3.05) is 53.4 Å². The summed E-state index contributed by atoms with van der Waals surface area (Å²) in [4.78, 5) is 17.1. The second-order valence-electron chi connectivity index (χ2n) is 10.1. The molecule has 210 valence electrons. The molecule has 2 aromatic heterocycles. The van der Waals surface area contributed by atoms with E-state index in [4.69, 9.17) is 9.97 Å². The average Bonchev–Trinajstić information content (AvgIpc) is 3.23. The van der Waals surface area contributed by atoms with Crippen LogP contribution in [-0.2, 0) is 19.5 Å². The number of rotatable bonds is 15. The van der Waals surface area contributed by atoms with Crippen LogP contribution in [0, 0.1) is 6.92 Å². The summed E-state index contributed by atoms with van der Waals surface area (Å²) >= 11 is 0. The number of nitrogens with zero attached hydrogens (tertiary/aromatic N) is 6. The van der Waals surface area contributed by atoms with Crippen LogP contribution >= 0.6 is 0 Å². The lowest BCUT2D eigenvalue weighted by atomic mass is 9.91. The van der Waals surface area contributed by atoms with Crippen LogP contribution < -0.4 is 5.32 Å². The van der Waals surface area contributed by atoms with Gasteiger partial charge in [0.15, 0.2) is 0 Å². The van der Waals surface area contributed by atoms with Gasteiger partial charge in [-0.25, -0.2) is 4.98 Å². The van der Waals surface area contributed by atoms with Crippen molar-refractivity contribution < 1.29 is 5.11 Å². The van der Waals surface area contributed by atoms with E-state index in [-0.39, 0.29) is 6.61 Å². The van der Waals surface area contributed by atoms with Gasteiger partial charge in [0.05, 0.1) is 29.7 Å². The minimum atomic E-state index is 0.144. The highest BCUT2D eigenvalue weighted by molar-refractivity contribution is 5.50. The van der Waals surface area contributed by atoms with Crippen LogP contribution in [-0.4, -0.2) is 87.8 Å². The predicted octanol–water partition coefficient (Wildman–Crippen LogP) is 3.83. The molecule has 1 aliphatic carbocycles. The van der Waals surface area contributed by atoms with E-state index in [9.17, 15) is 5.11 Å². The lowest BCUT2D eigenvalue weighted by Crippen LogP contribution is -2.34. The Kier molecular flexibility index (Phi) is 12.0. The van der Waals surface area contributed by atoms with E-state index in [1.807, 2.05) is 13.2 Å². The van der Waals surface area contributed by atoms with Crippen molar-refractivity contribution in [3.63, 3.8) is 0 Å². The Hall–Kier alpha value is -2.52. The number of nitrogens with one attached hydrogen (secondary N) is 1. The third-order valence-electron chi connectivity index (χ3n) is 7.56. The van der Waals surface area contributed by atoms with Crippen LogP contribution in [0.2, 0.25) is 0 Å². The summed E-state index contributed by atoms with van der Waals surface area (Å²) < 4.78 is 2.34. The molecule has 38 heavy (non-hydrogen) atoms. The van der Waals surface area contributed by atoms with Gasteiger partial charge in [0.25, 0.3) is 0 Å². The van der Waals surface area contributed by atoms with E-state index >= 15 is 0 Å². The van der Waals surface area contributed by atoms with Gasteiger partial charge in [-0.05, 0) is 78.4 Å². The lowest BCUT2D eigenvalue weighted by Gasteiger charge is -2.32. The van der Waals surface area contributed by atoms with Crippen LogP contribution in [0.15, 0.2) is 36.6 Å². The Morgan fingerprint density at radius 2 is 2.05 bits per heavy atom. The molecule has 0 saturated heterocycles. The summed E-state index contributed by atoms with van der Waals surface area (Å²) in [6.45, 7) is 14.4. The third kappa shape index (κ3) is 7.32. The van der Waals surface area contributed by atoms with E-state index < -0.39 is 0 Å². The zero-order valence-electron chi connectivity index (χ0n) is 24.5. The number of imidazole rings is 1. The highest BCUT2D eigenvalue weighted by Crippen LogP contribution is 2.33. The molecule has 0 unspecified atom stereocenters. The predicted molar refractivity (Wildman–Crippen MR) is 157 cm³/mol. The van der Waals surface area contributed by atoms with Crippen LogP contribution in [0.5, 0.6) is 0 Å². The second-order valence-corrected chi connectivity index (χ2v) is 10.1. The number of hydrogen-bond acceptors (Lipinski definition) is 7. The minimum Gasteiger partial charge on any atom is -0.395 e.